The lowest BCUT2D eigenvalue weighted by Crippen LogP contribution is -2.37. The Labute approximate surface area is 89.0 Å². The largest absolute Gasteiger partial charge is 0.445 e. The van der Waals surface area contributed by atoms with E-state index in [1.54, 1.807) is 0 Å². The van der Waals surface area contributed by atoms with E-state index in [1.807, 2.05) is 0 Å². The summed E-state index contributed by atoms with van der Waals surface area (Å²) in [6, 6.07) is -0.123. The Morgan fingerprint density at radius 2 is 2.40 bits per heavy atom. The van der Waals surface area contributed by atoms with Gasteiger partial charge in [-0.3, -0.25) is 0 Å². The molecule has 5 heteroatoms. The summed E-state index contributed by atoms with van der Waals surface area (Å²) in [5, 5.41) is 18.2. The van der Waals surface area contributed by atoms with Crippen LogP contribution in [0.3, 0.4) is 0 Å². The van der Waals surface area contributed by atoms with Crippen LogP contribution in [0.1, 0.15) is 12.8 Å². The summed E-state index contributed by atoms with van der Waals surface area (Å²) in [4.78, 5) is 13.0. The third kappa shape index (κ3) is 3.21. The van der Waals surface area contributed by atoms with Gasteiger partial charge in [0.05, 0.1) is 12.6 Å². The van der Waals surface area contributed by atoms with E-state index in [2.05, 4.69) is 6.58 Å². The zero-order valence-electron chi connectivity index (χ0n) is 8.63. The number of β-amino-alcohol motifs (C(OH)–C–C–N with tert-alkyl or cyclic N) is 1. The van der Waals surface area contributed by atoms with Crippen molar-refractivity contribution in [2.75, 3.05) is 19.8 Å². The second kappa shape index (κ2) is 5.72. The number of carbonyl (C=O) groups excluding carboxylic acids is 1. The predicted octanol–water partition coefficient (Wildman–Crippen LogP) is 0.127. The van der Waals surface area contributed by atoms with E-state index in [9.17, 15) is 9.90 Å². The lowest BCUT2D eigenvalue weighted by Gasteiger charge is -2.22. The van der Waals surface area contributed by atoms with Gasteiger partial charge in [-0.15, -0.1) is 0 Å². The molecule has 0 spiro atoms. The van der Waals surface area contributed by atoms with E-state index in [1.165, 1.54) is 11.0 Å². The fourth-order valence-electron chi connectivity index (χ4n) is 1.75. The molecule has 0 aliphatic carbocycles. The molecule has 0 bridgehead atoms. The molecular formula is C10H17NO4. The van der Waals surface area contributed by atoms with Gasteiger partial charge >= 0.3 is 6.09 Å². The number of ether oxygens (including phenoxy) is 1. The molecule has 0 aromatic carbocycles. The van der Waals surface area contributed by atoms with Gasteiger partial charge in [0.25, 0.3) is 0 Å². The first-order chi connectivity index (χ1) is 7.19. The van der Waals surface area contributed by atoms with Crippen molar-refractivity contribution in [2.45, 2.75) is 25.0 Å². The summed E-state index contributed by atoms with van der Waals surface area (Å²) < 4.78 is 4.88. The first-order valence-electron chi connectivity index (χ1n) is 5.02. The zero-order valence-corrected chi connectivity index (χ0v) is 8.63. The van der Waals surface area contributed by atoms with Crippen LogP contribution in [-0.4, -0.2) is 53.1 Å². The minimum atomic E-state index is -0.516. The average molecular weight is 215 g/mol. The van der Waals surface area contributed by atoms with Gasteiger partial charge in [-0.1, -0.05) is 12.7 Å². The topological polar surface area (TPSA) is 70.0 Å². The maximum atomic E-state index is 11.5. The number of hydrogen-bond donors (Lipinski definition) is 2. The first-order valence-corrected chi connectivity index (χ1v) is 5.02. The Bertz CT molecular complexity index is 231. The van der Waals surface area contributed by atoms with Crippen LogP contribution in [0.15, 0.2) is 12.7 Å². The van der Waals surface area contributed by atoms with Crippen molar-refractivity contribution in [1.29, 1.82) is 0 Å². The smallest absolute Gasteiger partial charge is 0.410 e. The number of aliphatic hydroxyl groups is 2. The molecule has 2 atom stereocenters. The maximum Gasteiger partial charge on any atom is 0.410 e. The fourth-order valence-corrected chi connectivity index (χ4v) is 1.75. The normalized spacial score (nSPS) is 25.3. The van der Waals surface area contributed by atoms with E-state index < -0.39 is 12.2 Å². The summed E-state index contributed by atoms with van der Waals surface area (Å²) in [6.07, 6.45) is 1.50. The minimum Gasteiger partial charge on any atom is -0.445 e. The van der Waals surface area contributed by atoms with Gasteiger partial charge in [-0.05, 0) is 12.8 Å². The van der Waals surface area contributed by atoms with Crippen molar-refractivity contribution in [2.24, 2.45) is 0 Å². The fraction of sp³-hybridized carbons (Fsp3) is 0.700. The van der Waals surface area contributed by atoms with Crippen molar-refractivity contribution in [3.8, 4) is 0 Å². The molecule has 0 aromatic heterocycles. The molecule has 1 saturated heterocycles. The Balaban J connectivity index is 2.49. The van der Waals surface area contributed by atoms with Crippen LogP contribution in [0.25, 0.3) is 0 Å². The maximum absolute atomic E-state index is 11.5. The van der Waals surface area contributed by atoms with E-state index in [0.717, 1.165) is 0 Å². The number of amides is 1. The Morgan fingerprint density at radius 3 is 3.00 bits per heavy atom. The number of carbonyl (C=O) groups is 1. The van der Waals surface area contributed by atoms with Crippen molar-refractivity contribution >= 4 is 6.09 Å². The Hall–Kier alpha value is -1.07. The number of hydrogen-bond acceptors (Lipinski definition) is 4. The lowest BCUT2D eigenvalue weighted by atomic mass is 10.1. The monoisotopic (exact) mass is 215 g/mol. The first kappa shape index (κ1) is 12.0. The Morgan fingerprint density at radius 1 is 1.67 bits per heavy atom. The SMILES string of the molecule is C=CCOC(=O)N1C[C@H](O)C[C@@H]1CCO. The standard InChI is InChI=1S/C10H17NO4/c1-2-5-15-10(14)11-7-9(13)6-8(11)3-4-12/h2,8-9,12-13H,1,3-7H2/t8-,9+/m0/s1. The molecule has 0 unspecified atom stereocenters. The zero-order chi connectivity index (χ0) is 11.3. The summed E-state index contributed by atoms with van der Waals surface area (Å²) in [7, 11) is 0. The van der Waals surface area contributed by atoms with Gasteiger partial charge in [0, 0.05) is 12.6 Å². The molecule has 0 aromatic rings. The van der Waals surface area contributed by atoms with Gasteiger partial charge in [-0.2, -0.15) is 0 Å². The van der Waals surface area contributed by atoms with Crippen LogP contribution in [0, 0.1) is 0 Å². The average Bonchev–Trinajstić information content (AvgIpc) is 2.57. The van der Waals surface area contributed by atoms with Crippen molar-refractivity contribution in [1.82, 2.24) is 4.90 Å². The number of nitrogens with zero attached hydrogens (tertiary/aromatic N) is 1. The van der Waals surface area contributed by atoms with E-state index in [0.29, 0.717) is 12.8 Å². The molecule has 5 nitrogen and oxygen atoms in total. The molecule has 1 aliphatic heterocycles. The minimum absolute atomic E-state index is 0.00260. The third-order valence-electron chi connectivity index (χ3n) is 2.41. The van der Waals surface area contributed by atoms with Crippen molar-refractivity contribution in [3.63, 3.8) is 0 Å². The molecular weight excluding hydrogens is 198 g/mol. The summed E-state index contributed by atoms with van der Waals surface area (Å²) in [6.45, 7) is 3.89. The van der Waals surface area contributed by atoms with Crippen LogP contribution < -0.4 is 0 Å². The van der Waals surface area contributed by atoms with E-state index in [-0.39, 0.29) is 25.8 Å². The number of likely N-dealkylation sites (tertiary alicyclic amines) is 1. The quantitative estimate of drug-likeness (QED) is 0.654. The van der Waals surface area contributed by atoms with Crippen molar-refractivity contribution in [3.05, 3.63) is 12.7 Å². The summed E-state index contributed by atoms with van der Waals surface area (Å²) in [5.74, 6) is 0. The van der Waals surface area contributed by atoms with Gasteiger partial charge in [0.15, 0.2) is 0 Å². The molecule has 1 heterocycles. The van der Waals surface area contributed by atoms with Crippen molar-refractivity contribution < 1.29 is 19.7 Å². The molecule has 1 rings (SSSR count). The van der Waals surface area contributed by atoms with Crippen LogP contribution in [0.2, 0.25) is 0 Å². The second-order valence-electron chi connectivity index (χ2n) is 3.57. The highest BCUT2D eigenvalue weighted by molar-refractivity contribution is 5.68. The predicted molar refractivity (Wildman–Crippen MR) is 54.4 cm³/mol. The summed E-state index contributed by atoms with van der Waals surface area (Å²) >= 11 is 0. The molecule has 2 N–H and O–H groups in total. The molecule has 0 radical (unpaired) electrons. The Kier molecular flexibility index (Phi) is 4.58. The molecule has 0 saturated carbocycles. The van der Waals surface area contributed by atoms with Gasteiger partial charge in [-0.25, -0.2) is 4.79 Å². The van der Waals surface area contributed by atoms with Crippen LogP contribution in [0.5, 0.6) is 0 Å². The van der Waals surface area contributed by atoms with Gasteiger partial charge in [0.1, 0.15) is 6.61 Å². The van der Waals surface area contributed by atoms with Gasteiger partial charge in [0.2, 0.25) is 0 Å². The van der Waals surface area contributed by atoms with E-state index in [4.69, 9.17) is 9.84 Å². The highest BCUT2D eigenvalue weighted by Crippen LogP contribution is 2.21. The molecule has 1 fully saturated rings. The molecule has 15 heavy (non-hydrogen) atoms. The highest BCUT2D eigenvalue weighted by atomic mass is 16.6. The number of aliphatic hydroxyl groups excluding tert-OH is 2. The molecule has 1 amide bonds. The second-order valence-corrected chi connectivity index (χ2v) is 3.57. The van der Waals surface area contributed by atoms with Crippen LogP contribution in [-0.2, 0) is 4.74 Å². The van der Waals surface area contributed by atoms with E-state index >= 15 is 0 Å². The summed E-state index contributed by atoms with van der Waals surface area (Å²) in [5.41, 5.74) is 0. The number of rotatable bonds is 4. The van der Waals surface area contributed by atoms with Gasteiger partial charge < -0.3 is 19.8 Å². The van der Waals surface area contributed by atoms with Crippen LogP contribution in [0.4, 0.5) is 4.79 Å². The third-order valence-corrected chi connectivity index (χ3v) is 2.41. The molecule has 1 aliphatic rings. The molecule has 86 valence electrons. The van der Waals surface area contributed by atoms with Crippen LogP contribution >= 0.6 is 0 Å². The lowest BCUT2D eigenvalue weighted by molar-refractivity contribution is 0.0979. The highest BCUT2D eigenvalue weighted by Gasteiger charge is 2.34.